The first-order valence-electron chi connectivity index (χ1n) is 5.98. The number of hydrogen-bond acceptors (Lipinski definition) is 8. The molecule has 0 spiro atoms. The van der Waals surface area contributed by atoms with Crippen LogP contribution in [0.2, 0.25) is 0 Å². The van der Waals surface area contributed by atoms with E-state index in [4.69, 9.17) is 10.2 Å². The number of carboxylic acids is 1. The van der Waals surface area contributed by atoms with Gasteiger partial charge in [0.2, 0.25) is 11.7 Å². The molecule has 0 aromatic heterocycles. The molecule has 10 nitrogen and oxygen atoms in total. The van der Waals surface area contributed by atoms with Gasteiger partial charge in [-0.25, -0.2) is 4.79 Å². The van der Waals surface area contributed by atoms with E-state index in [2.05, 4.69) is 0 Å². The molecule has 1 amide bonds. The molecule has 0 unspecified atom stereocenters. The van der Waals surface area contributed by atoms with Crippen molar-refractivity contribution in [2.75, 3.05) is 6.61 Å². The number of amides is 1. The predicted octanol–water partition coefficient (Wildman–Crippen LogP) is -4.95. The summed E-state index contributed by atoms with van der Waals surface area (Å²) in [4.78, 5) is 32.4. The number of carbonyl (C=O) groups is 3. The minimum atomic E-state index is -1.94. The average molecular weight is 518 g/mol. The third-order valence-electron chi connectivity index (χ3n) is 2.72. The fourth-order valence-electron chi connectivity index (χ4n) is 1.60. The van der Waals surface area contributed by atoms with E-state index >= 15 is 0 Å². The Morgan fingerprint density at radius 2 is 1.50 bits per heavy atom. The summed E-state index contributed by atoms with van der Waals surface area (Å²) < 4.78 is 0. The predicted molar refractivity (Wildman–Crippen MR) is 74.5 cm³/mol. The molecule has 0 rings (SSSR count). The molecule has 128 valence electrons. The van der Waals surface area contributed by atoms with Crippen LogP contribution in [0.5, 0.6) is 0 Å². The number of aliphatic hydroxyl groups excluding tert-OH is 5. The van der Waals surface area contributed by atoms with E-state index in [0.717, 1.165) is 6.92 Å². The van der Waals surface area contributed by atoms with Gasteiger partial charge in [-0.3, -0.25) is 9.59 Å². The molecule has 22 heavy (non-hydrogen) atoms. The Labute approximate surface area is 145 Å². The van der Waals surface area contributed by atoms with Gasteiger partial charge in [0.1, 0.15) is 18.3 Å². The monoisotopic (exact) mass is 519 g/mol. The van der Waals surface area contributed by atoms with E-state index in [1.54, 1.807) is 0 Å². The number of nitrogens with one attached hydrogen (secondary N) is 1. The molecule has 0 aromatic carbocycles. The number of carboxylic acid groups (broad SMARTS) is 1. The van der Waals surface area contributed by atoms with E-state index < -0.39 is 61.1 Å². The Kier molecular flexibility index (Phi) is 11.8. The van der Waals surface area contributed by atoms with Crippen molar-refractivity contribution in [2.45, 2.75) is 43.8 Å². The molecule has 0 saturated heterocycles. The number of ketones is 1. The zero-order valence-corrected chi connectivity index (χ0v) is 17.4. The second kappa shape index (κ2) is 11.0. The summed E-state index contributed by atoms with van der Waals surface area (Å²) in [6.45, 7) is 0.134. The molecule has 0 aliphatic rings. The van der Waals surface area contributed by atoms with Gasteiger partial charge < -0.3 is 36.0 Å². The third-order valence-corrected chi connectivity index (χ3v) is 2.72. The van der Waals surface area contributed by atoms with Crippen molar-refractivity contribution in [2.24, 2.45) is 0 Å². The standard InChI is InChI=1S/C11H19NO9.Pb.2H/c1-4(14)12-8(5(15)2-6(16)11(20)21)10(19)9(18)7(17)3-13;;;/h5,7-10,13,15,17-19H,2-3H2,1H3,(H,12,14)(H,20,21);;;/t5-,7+,8+,9+,10+;;;/m0.../s1. The Balaban J connectivity index is 0. The van der Waals surface area contributed by atoms with Crippen molar-refractivity contribution in [3.8, 4) is 0 Å². The summed E-state index contributed by atoms with van der Waals surface area (Å²) in [5.74, 6) is -3.89. The topological polar surface area (TPSA) is 185 Å². The van der Waals surface area contributed by atoms with Gasteiger partial charge in [-0.2, -0.15) is 0 Å². The van der Waals surface area contributed by atoms with E-state index in [9.17, 15) is 34.8 Å². The van der Waals surface area contributed by atoms with Crippen molar-refractivity contribution in [3.05, 3.63) is 0 Å². The van der Waals surface area contributed by atoms with Gasteiger partial charge in [-0.05, 0) is 0 Å². The molecular formula is C11H21NO9Pb. The molecular weight excluding hydrogens is 497 g/mol. The van der Waals surface area contributed by atoms with Gasteiger partial charge in [-0.1, -0.05) is 0 Å². The quantitative estimate of drug-likeness (QED) is 0.116. The van der Waals surface area contributed by atoms with Gasteiger partial charge in [0.15, 0.2) is 0 Å². The fraction of sp³-hybridized carbons (Fsp3) is 0.727. The van der Waals surface area contributed by atoms with E-state index in [-0.39, 0.29) is 27.3 Å². The van der Waals surface area contributed by atoms with E-state index in [1.807, 2.05) is 5.32 Å². The second-order valence-electron chi connectivity index (χ2n) is 4.46. The average Bonchev–Trinajstić information content (AvgIpc) is 2.41. The number of aliphatic carboxylic acids is 1. The Morgan fingerprint density at radius 3 is 1.86 bits per heavy atom. The molecule has 0 saturated carbocycles. The Bertz CT molecular complexity index is 392. The van der Waals surface area contributed by atoms with E-state index in [0.29, 0.717) is 0 Å². The first-order valence-corrected chi connectivity index (χ1v) is 5.98. The van der Waals surface area contributed by atoms with Crippen molar-refractivity contribution in [1.82, 2.24) is 5.32 Å². The van der Waals surface area contributed by atoms with Crippen LogP contribution < -0.4 is 5.32 Å². The summed E-state index contributed by atoms with van der Waals surface area (Å²) in [7, 11) is 0. The number of hydrogen-bond donors (Lipinski definition) is 7. The number of carbonyl (C=O) groups excluding carboxylic acids is 2. The maximum absolute atomic E-state index is 11.0. The van der Waals surface area contributed by atoms with Crippen LogP contribution in [0, 0.1) is 0 Å². The first kappa shape index (κ1) is 23.6. The molecule has 11 heteroatoms. The Hall–Kier alpha value is -0.668. The molecule has 7 N–H and O–H groups in total. The molecule has 0 aromatic rings. The maximum atomic E-state index is 11.0. The van der Waals surface area contributed by atoms with Gasteiger partial charge in [0, 0.05) is 13.3 Å². The van der Waals surface area contributed by atoms with Crippen LogP contribution in [0.3, 0.4) is 0 Å². The van der Waals surface area contributed by atoms with Crippen LogP contribution in [0.15, 0.2) is 0 Å². The molecule has 2 radical (unpaired) electrons. The molecule has 5 atom stereocenters. The number of Topliss-reactive ketones (excluding diaryl/α,β-unsaturated/α-hetero) is 1. The molecule has 0 bridgehead atoms. The molecule has 0 aliphatic carbocycles. The Morgan fingerprint density at radius 1 is 1.00 bits per heavy atom. The summed E-state index contributed by atoms with van der Waals surface area (Å²) >= 11 is 0. The zero-order valence-electron chi connectivity index (χ0n) is 11.9. The molecule has 0 heterocycles. The van der Waals surface area contributed by atoms with Crippen LogP contribution in [0.4, 0.5) is 0 Å². The third kappa shape index (κ3) is 7.55. The molecule has 0 fully saturated rings. The first-order chi connectivity index (χ1) is 9.61. The normalized spacial score (nSPS) is 17.4. The summed E-state index contributed by atoms with van der Waals surface area (Å²) in [6.07, 6.45) is -8.35. The van der Waals surface area contributed by atoms with Crippen LogP contribution in [0.25, 0.3) is 0 Å². The van der Waals surface area contributed by atoms with Gasteiger partial charge in [0.05, 0.1) is 18.8 Å². The number of aliphatic hydroxyl groups is 5. The van der Waals surface area contributed by atoms with Gasteiger partial charge in [0.25, 0.3) is 0 Å². The minimum absolute atomic E-state index is 0. The van der Waals surface area contributed by atoms with Crippen molar-refractivity contribution >= 4 is 45.0 Å². The molecule has 0 aliphatic heterocycles. The summed E-state index contributed by atoms with van der Waals surface area (Å²) in [5, 5.41) is 57.4. The summed E-state index contributed by atoms with van der Waals surface area (Å²) in [5.41, 5.74) is 0. The van der Waals surface area contributed by atoms with Crippen molar-refractivity contribution < 1.29 is 45.0 Å². The van der Waals surface area contributed by atoms with Crippen LogP contribution in [-0.4, -0.2) is 113 Å². The fourth-order valence-corrected chi connectivity index (χ4v) is 1.60. The van der Waals surface area contributed by atoms with E-state index in [1.165, 1.54) is 0 Å². The zero-order chi connectivity index (χ0) is 16.7. The van der Waals surface area contributed by atoms with Crippen molar-refractivity contribution in [3.63, 3.8) is 0 Å². The SMILES string of the molecule is CC(=O)N[C@@H]([C@@H](O)[C@H](O)[C@H](O)CO)[C@@H](O)CC(=O)C(=O)O.[PbH2]. The van der Waals surface area contributed by atoms with Crippen LogP contribution in [0.1, 0.15) is 13.3 Å². The van der Waals surface area contributed by atoms with Crippen LogP contribution in [-0.2, 0) is 14.4 Å². The van der Waals surface area contributed by atoms with Gasteiger partial charge >= 0.3 is 33.3 Å². The van der Waals surface area contributed by atoms with Crippen molar-refractivity contribution in [1.29, 1.82) is 0 Å². The number of rotatable bonds is 9. The van der Waals surface area contributed by atoms with Crippen LogP contribution >= 0.6 is 0 Å². The second-order valence-corrected chi connectivity index (χ2v) is 4.46. The van der Waals surface area contributed by atoms with Gasteiger partial charge in [-0.15, -0.1) is 0 Å². The summed E-state index contributed by atoms with van der Waals surface area (Å²) in [6, 6.07) is -1.61.